The molecule has 0 aromatic carbocycles. The molecule has 0 amide bonds. The molecule has 3 rings (SSSR count). The van der Waals surface area contributed by atoms with E-state index >= 15 is 0 Å². The lowest BCUT2D eigenvalue weighted by Crippen LogP contribution is -2.30. The van der Waals surface area contributed by atoms with Gasteiger partial charge in [-0.2, -0.15) is 4.52 Å². The minimum absolute atomic E-state index is 0.666. The van der Waals surface area contributed by atoms with Gasteiger partial charge in [0, 0.05) is 13.1 Å². The number of nitrogens with one attached hydrogen (secondary N) is 1. The van der Waals surface area contributed by atoms with Crippen LogP contribution in [0.2, 0.25) is 0 Å². The van der Waals surface area contributed by atoms with Crippen LogP contribution in [0.3, 0.4) is 0 Å². The van der Waals surface area contributed by atoms with Gasteiger partial charge >= 0.3 is 0 Å². The minimum Gasteiger partial charge on any atom is -0.367 e. The Morgan fingerprint density at radius 3 is 2.79 bits per heavy atom. The lowest BCUT2D eigenvalue weighted by atomic mass is 10.2. The van der Waals surface area contributed by atoms with Crippen LogP contribution in [0.15, 0.2) is 12.4 Å². The van der Waals surface area contributed by atoms with Gasteiger partial charge in [-0.3, -0.25) is 4.98 Å². The van der Waals surface area contributed by atoms with Gasteiger partial charge in [0.05, 0.1) is 12.4 Å². The van der Waals surface area contributed by atoms with E-state index in [2.05, 4.69) is 30.7 Å². The summed E-state index contributed by atoms with van der Waals surface area (Å²) in [5.74, 6) is 0.845. The maximum Gasteiger partial charge on any atom is 0.199 e. The molecule has 7 heteroatoms. The van der Waals surface area contributed by atoms with E-state index in [4.69, 9.17) is 0 Å². The molecule has 102 valence electrons. The van der Waals surface area contributed by atoms with Gasteiger partial charge in [0.1, 0.15) is 5.82 Å². The van der Waals surface area contributed by atoms with Crippen molar-refractivity contribution in [2.24, 2.45) is 0 Å². The molecule has 0 saturated carbocycles. The summed E-state index contributed by atoms with van der Waals surface area (Å²) in [6.07, 6.45) is 8.80. The summed E-state index contributed by atoms with van der Waals surface area (Å²) in [5, 5.41) is 14.8. The summed E-state index contributed by atoms with van der Waals surface area (Å²) >= 11 is 0. The number of anilines is 1. The molecule has 3 heterocycles. The smallest absolute Gasteiger partial charge is 0.199 e. The lowest BCUT2D eigenvalue weighted by molar-refractivity contribution is 0.296. The van der Waals surface area contributed by atoms with E-state index in [0.717, 1.165) is 18.9 Å². The average molecular weight is 261 g/mol. The monoisotopic (exact) mass is 261 g/mol. The summed E-state index contributed by atoms with van der Waals surface area (Å²) < 4.78 is 1.68. The zero-order valence-electron chi connectivity index (χ0n) is 11.0. The summed E-state index contributed by atoms with van der Waals surface area (Å²) in [5.41, 5.74) is 0.666. The Balaban J connectivity index is 1.55. The molecular weight excluding hydrogens is 242 g/mol. The molecule has 1 N–H and O–H groups in total. The van der Waals surface area contributed by atoms with Crippen LogP contribution < -0.4 is 5.32 Å². The van der Waals surface area contributed by atoms with Crippen LogP contribution in [0.25, 0.3) is 5.65 Å². The SMILES string of the molecule is c1ncc2nnnn2c1NCCN1CCCCCC1. The Morgan fingerprint density at radius 2 is 1.95 bits per heavy atom. The van der Waals surface area contributed by atoms with Gasteiger partial charge in [-0.15, -0.1) is 5.10 Å². The largest absolute Gasteiger partial charge is 0.367 e. The second kappa shape index (κ2) is 5.92. The highest BCUT2D eigenvalue weighted by molar-refractivity contribution is 5.43. The number of hydrogen-bond donors (Lipinski definition) is 1. The van der Waals surface area contributed by atoms with Crippen molar-refractivity contribution in [2.75, 3.05) is 31.5 Å². The van der Waals surface area contributed by atoms with Gasteiger partial charge in [0.25, 0.3) is 0 Å². The second-order valence-electron chi connectivity index (χ2n) is 4.92. The first-order valence-electron chi connectivity index (χ1n) is 6.92. The van der Waals surface area contributed by atoms with Gasteiger partial charge in [0.2, 0.25) is 0 Å². The molecule has 2 aromatic heterocycles. The molecule has 0 aliphatic carbocycles. The van der Waals surface area contributed by atoms with Crippen molar-refractivity contribution in [1.29, 1.82) is 0 Å². The van der Waals surface area contributed by atoms with Crippen LogP contribution in [0.4, 0.5) is 5.82 Å². The predicted octanol–water partition coefficient (Wildman–Crippen LogP) is 0.807. The molecular formula is C12H19N7. The maximum atomic E-state index is 4.13. The van der Waals surface area contributed by atoms with E-state index in [-0.39, 0.29) is 0 Å². The summed E-state index contributed by atoms with van der Waals surface area (Å²) in [4.78, 5) is 6.65. The number of fused-ring (bicyclic) bond motifs is 1. The van der Waals surface area contributed by atoms with Crippen molar-refractivity contribution in [2.45, 2.75) is 25.7 Å². The number of hydrogen-bond acceptors (Lipinski definition) is 6. The molecule has 0 atom stereocenters. The van der Waals surface area contributed by atoms with Crippen LogP contribution in [0.1, 0.15) is 25.7 Å². The normalized spacial score (nSPS) is 17.5. The Morgan fingerprint density at radius 1 is 1.11 bits per heavy atom. The molecule has 19 heavy (non-hydrogen) atoms. The van der Waals surface area contributed by atoms with Crippen LogP contribution >= 0.6 is 0 Å². The number of rotatable bonds is 4. The number of tetrazole rings is 1. The van der Waals surface area contributed by atoms with Crippen molar-refractivity contribution >= 4 is 11.5 Å². The van der Waals surface area contributed by atoms with E-state index in [1.165, 1.54) is 38.8 Å². The molecule has 0 bridgehead atoms. The minimum atomic E-state index is 0.666. The highest BCUT2D eigenvalue weighted by Gasteiger charge is 2.09. The first kappa shape index (κ1) is 12.3. The standard InChI is InChI=1S/C12H19N7/c1-2-4-7-18(6-3-1)8-5-14-11-9-13-10-12-15-16-17-19(11)12/h9-10,14H,1-8H2. The van der Waals surface area contributed by atoms with Gasteiger partial charge in [-0.25, -0.2) is 0 Å². The van der Waals surface area contributed by atoms with Crippen LogP contribution in [-0.4, -0.2) is 56.1 Å². The van der Waals surface area contributed by atoms with E-state index in [0.29, 0.717) is 5.65 Å². The number of likely N-dealkylation sites (tertiary alicyclic amines) is 1. The van der Waals surface area contributed by atoms with E-state index in [9.17, 15) is 0 Å². The van der Waals surface area contributed by atoms with Gasteiger partial charge < -0.3 is 10.2 Å². The zero-order chi connectivity index (χ0) is 12.9. The third-order valence-corrected chi connectivity index (χ3v) is 3.54. The van der Waals surface area contributed by atoms with Crippen LogP contribution in [0, 0.1) is 0 Å². The Hall–Kier alpha value is -1.76. The molecule has 0 spiro atoms. The summed E-state index contributed by atoms with van der Waals surface area (Å²) in [6, 6.07) is 0. The fraction of sp³-hybridized carbons (Fsp3) is 0.667. The summed E-state index contributed by atoms with van der Waals surface area (Å²) in [7, 11) is 0. The predicted molar refractivity (Wildman–Crippen MR) is 72.0 cm³/mol. The molecule has 1 aliphatic rings. The molecule has 2 aromatic rings. The number of nitrogens with zero attached hydrogens (tertiary/aromatic N) is 6. The average Bonchev–Trinajstić information content (AvgIpc) is 2.77. The second-order valence-corrected chi connectivity index (χ2v) is 4.92. The molecule has 7 nitrogen and oxygen atoms in total. The first-order chi connectivity index (χ1) is 9.43. The third kappa shape index (κ3) is 2.98. The Labute approximate surface area is 112 Å². The molecule has 1 aliphatic heterocycles. The van der Waals surface area contributed by atoms with Gasteiger partial charge in [0.15, 0.2) is 5.65 Å². The quantitative estimate of drug-likeness (QED) is 0.878. The fourth-order valence-corrected chi connectivity index (χ4v) is 2.50. The lowest BCUT2D eigenvalue weighted by Gasteiger charge is -2.19. The van der Waals surface area contributed by atoms with Crippen molar-refractivity contribution in [3.63, 3.8) is 0 Å². The van der Waals surface area contributed by atoms with Gasteiger partial charge in [-0.05, 0) is 36.4 Å². The highest BCUT2D eigenvalue weighted by atomic mass is 15.5. The molecule has 1 saturated heterocycles. The van der Waals surface area contributed by atoms with E-state index in [1.807, 2.05) is 0 Å². The van der Waals surface area contributed by atoms with Gasteiger partial charge in [-0.1, -0.05) is 12.8 Å². The third-order valence-electron chi connectivity index (χ3n) is 3.54. The Kier molecular flexibility index (Phi) is 3.83. The van der Waals surface area contributed by atoms with Crippen molar-refractivity contribution in [3.05, 3.63) is 12.4 Å². The molecule has 0 unspecified atom stereocenters. The molecule has 1 fully saturated rings. The summed E-state index contributed by atoms with van der Waals surface area (Å²) in [6.45, 7) is 4.38. The highest BCUT2D eigenvalue weighted by Crippen LogP contribution is 2.09. The van der Waals surface area contributed by atoms with E-state index < -0.39 is 0 Å². The topological polar surface area (TPSA) is 71.2 Å². The van der Waals surface area contributed by atoms with Crippen molar-refractivity contribution < 1.29 is 0 Å². The van der Waals surface area contributed by atoms with Crippen molar-refractivity contribution in [1.82, 2.24) is 29.9 Å². The van der Waals surface area contributed by atoms with E-state index in [1.54, 1.807) is 16.9 Å². The zero-order valence-corrected chi connectivity index (χ0v) is 11.0. The van der Waals surface area contributed by atoms with Crippen LogP contribution in [0.5, 0.6) is 0 Å². The molecule has 0 radical (unpaired) electrons. The van der Waals surface area contributed by atoms with Crippen molar-refractivity contribution in [3.8, 4) is 0 Å². The van der Waals surface area contributed by atoms with Crippen LogP contribution in [-0.2, 0) is 0 Å². The Bertz CT molecular complexity index is 516. The maximum absolute atomic E-state index is 4.13. The number of aromatic nitrogens is 5. The first-order valence-corrected chi connectivity index (χ1v) is 6.92. The fourth-order valence-electron chi connectivity index (χ4n) is 2.50.